The lowest BCUT2D eigenvalue weighted by atomic mass is 9.90. The van der Waals surface area contributed by atoms with Gasteiger partial charge in [0.1, 0.15) is 0 Å². The van der Waals surface area contributed by atoms with Crippen LogP contribution in [0.1, 0.15) is 63.1 Å². The molecule has 1 saturated heterocycles. The van der Waals surface area contributed by atoms with Crippen molar-refractivity contribution >= 4 is 11.8 Å². The predicted molar refractivity (Wildman–Crippen MR) is 96.1 cm³/mol. The minimum absolute atomic E-state index is 0.551. The highest BCUT2D eigenvalue weighted by molar-refractivity contribution is 7.99. The zero-order chi connectivity index (χ0) is 14.9. The summed E-state index contributed by atoms with van der Waals surface area (Å²) in [6, 6.07) is 9.84. The first-order valence-electron chi connectivity index (χ1n) is 8.73. The average molecular weight is 306 g/mol. The van der Waals surface area contributed by atoms with Gasteiger partial charge >= 0.3 is 0 Å². The van der Waals surface area contributed by atoms with Gasteiger partial charge in [0.05, 0.1) is 0 Å². The van der Waals surface area contributed by atoms with Gasteiger partial charge in [0.2, 0.25) is 0 Å². The van der Waals surface area contributed by atoms with Crippen molar-refractivity contribution in [1.29, 1.82) is 0 Å². The van der Waals surface area contributed by atoms with Crippen LogP contribution in [-0.4, -0.2) is 18.1 Å². The molecule has 21 heavy (non-hydrogen) atoms. The van der Waals surface area contributed by atoms with Crippen molar-refractivity contribution < 1.29 is 0 Å². The third-order valence-electron chi connectivity index (χ3n) is 4.44. The number of aryl methyl sites for hydroxylation is 1. The van der Waals surface area contributed by atoms with Crippen LogP contribution in [0.3, 0.4) is 0 Å². The van der Waals surface area contributed by atoms with E-state index in [1.54, 1.807) is 0 Å². The first-order valence-corrected chi connectivity index (χ1v) is 9.89. The maximum atomic E-state index is 3.80. The summed E-state index contributed by atoms with van der Waals surface area (Å²) in [5, 5.41) is 3.80. The third kappa shape index (κ3) is 5.67. The molecule has 0 spiro atoms. The summed E-state index contributed by atoms with van der Waals surface area (Å²) < 4.78 is 0. The average Bonchev–Trinajstić information content (AvgIpc) is 2.53. The zero-order valence-electron chi connectivity index (χ0n) is 13.7. The molecule has 1 N–H and O–H groups in total. The zero-order valence-corrected chi connectivity index (χ0v) is 14.6. The molecule has 0 amide bonds. The summed E-state index contributed by atoms with van der Waals surface area (Å²) in [5.41, 5.74) is 3.00. The van der Waals surface area contributed by atoms with Crippen LogP contribution < -0.4 is 5.32 Å². The maximum Gasteiger partial charge on any atom is 0.0322 e. The molecule has 1 aromatic rings. The second-order valence-electron chi connectivity index (χ2n) is 6.29. The van der Waals surface area contributed by atoms with Gasteiger partial charge in [-0.25, -0.2) is 0 Å². The molecule has 1 aromatic carbocycles. The highest BCUT2D eigenvalue weighted by Gasteiger charge is 2.20. The minimum atomic E-state index is 0.551. The number of rotatable bonds is 8. The molecule has 0 saturated carbocycles. The fourth-order valence-electron chi connectivity index (χ4n) is 3.23. The third-order valence-corrected chi connectivity index (χ3v) is 5.49. The van der Waals surface area contributed by atoms with E-state index < -0.39 is 0 Å². The Morgan fingerprint density at radius 2 is 2.00 bits per heavy atom. The first kappa shape index (κ1) is 16.9. The van der Waals surface area contributed by atoms with Gasteiger partial charge in [0, 0.05) is 6.04 Å². The molecule has 1 atom stereocenters. The fraction of sp³-hybridized carbons (Fsp3) is 0.684. The van der Waals surface area contributed by atoms with Gasteiger partial charge in [0.25, 0.3) is 0 Å². The Labute approximate surface area is 135 Å². The quantitative estimate of drug-likeness (QED) is 0.707. The number of benzene rings is 1. The van der Waals surface area contributed by atoms with Gasteiger partial charge in [-0.3, -0.25) is 0 Å². The minimum Gasteiger partial charge on any atom is -0.310 e. The normalized spacial score (nSPS) is 17.8. The lowest BCUT2D eigenvalue weighted by Crippen LogP contribution is -2.26. The van der Waals surface area contributed by atoms with Crippen LogP contribution in [0.2, 0.25) is 0 Å². The topological polar surface area (TPSA) is 12.0 Å². The van der Waals surface area contributed by atoms with E-state index in [1.807, 2.05) is 0 Å². The fourth-order valence-corrected chi connectivity index (χ4v) is 4.43. The summed E-state index contributed by atoms with van der Waals surface area (Å²) in [5.74, 6) is 3.64. The molecule has 0 aliphatic carbocycles. The summed E-state index contributed by atoms with van der Waals surface area (Å²) in [4.78, 5) is 0. The molecule has 1 fully saturated rings. The van der Waals surface area contributed by atoms with Crippen LogP contribution in [0.25, 0.3) is 0 Å². The molecule has 1 aliphatic rings. The van der Waals surface area contributed by atoms with Crippen molar-refractivity contribution in [2.45, 2.75) is 58.4 Å². The van der Waals surface area contributed by atoms with Crippen molar-refractivity contribution in [3.8, 4) is 0 Å². The van der Waals surface area contributed by atoms with E-state index in [4.69, 9.17) is 0 Å². The van der Waals surface area contributed by atoms with E-state index in [2.05, 4.69) is 55.2 Å². The van der Waals surface area contributed by atoms with Gasteiger partial charge in [-0.2, -0.15) is 11.8 Å². The van der Waals surface area contributed by atoms with E-state index in [9.17, 15) is 0 Å². The standard InChI is InChI=1S/C19H31NS/c1-3-6-16-7-5-8-18(14-16)19(20-11-4-2)15-17-9-12-21-13-10-17/h5,7-8,14,17,19-20H,3-4,6,9-13,15H2,1-2H3. The van der Waals surface area contributed by atoms with E-state index in [1.165, 1.54) is 61.2 Å². The van der Waals surface area contributed by atoms with Gasteiger partial charge in [-0.1, -0.05) is 44.5 Å². The Kier molecular flexibility index (Phi) is 7.66. The predicted octanol–water partition coefficient (Wildman–Crippen LogP) is 5.21. The molecule has 0 aromatic heterocycles. The Morgan fingerprint density at radius 3 is 2.71 bits per heavy atom. The van der Waals surface area contributed by atoms with Crippen LogP contribution in [-0.2, 0) is 6.42 Å². The van der Waals surface area contributed by atoms with Crippen molar-refractivity contribution in [2.75, 3.05) is 18.1 Å². The van der Waals surface area contributed by atoms with E-state index >= 15 is 0 Å². The van der Waals surface area contributed by atoms with Crippen LogP contribution >= 0.6 is 11.8 Å². The molecule has 1 heterocycles. The van der Waals surface area contributed by atoms with Gasteiger partial charge < -0.3 is 5.32 Å². The van der Waals surface area contributed by atoms with E-state index in [-0.39, 0.29) is 0 Å². The number of thioether (sulfide) groups is 1. The Balaban J connectivity index is 2.04. The molecule has 0 radical (unpaired) electrons. The highest BCUT2D eigenvalue weighted by Crippen LogP contribution is 2.31. The highest BCUT2D eigenvalue weighted by atomic mass is 32.2. The first-order chi connectivity index (χ1) is 10.3. The smallest absolute Gasteiger partial charge is 0.0322 e. The Hall–Kier alpha value is -0.470. The van der Waals surface area contributed by atoms with Gasteiger partial charge in [0.15, 0.2) is 0 Å². The molecule has 1 nitrogen and oxygen atoms in total. The van der Waals surface area contributed by atoms with Crippen LogP contribution in [0.4, 0.5) is 0 Å². The van der Waals surface area contributed by atoms with Crippen LogP contribution in [0.5, 0.6) is 0 Å². The SMILES string of the molecule is CCCNC(CC1CCSCC1)c1cccc(CCC)c1. The van der Waals surface area contributed by atoms with Gasteiger partial charge in [-0.15, -0.1) is 0 Å². The molecular formula is C19H31NS. The number of hydrogen-bond acceptors (Lipinski definition) is 2. The Bertz CT molecular complexity index is 398. The molecule has 2 heteroatoms. The molecule has 118 valence electrons. The second kappa shape index (κ2) is 9.53. The van der Waals surface area contributed by atoms with E-state index in [0.29, 0.717) is 6.04 Å². The summed E-state index contributed by atoms with van der Waals surface area (Å²) in [7, 11) is 0. The molecule has 2 rings (SSSR count). The van der Waals surface area contributed by atoms with Crippen molar-refractivity contribution in [3.05, 3.63) is 35.4 Å². The lowest BCUT2D eigenvalue weighted by molar-refractivity contribution is 0.370. The Morgan fingerprint density at radius 1 is 1.19 bits per heavy atom. The van der Waals surface area contributed by atoms with E-state index in [0.717, 1.165) is 12.5 Å². The lowest BCUT2D eigenvalue weighted by Gasteiger charge is -2.27. The van der Waals surface area contributed by atoms with Crippen molar-refractivity contribution in [2.24, 2.45) is 5.92 Å². The molecule has 1 aliphatic heterocycles. The van der Waals surface area contributed by atoms with Gasteiger partial charge in [-0.05, 0) is 67.2 Å². The number of nitrogens with one attached hydrogen (secondary N) is 1. The molecule has 0 bridgehead atoms. The largest absolute Gasteiger partial charge is 0.310 e. The summed E-state index contributed by atoms with van der Waals surface area (Å²) in [6.45, 7) is 5.65. The van der Waals surface area contributed by atoms with Crippen molar-refractivity contribution in [3.63, 3.8) is 0 Å². The monoisotopic (exact) mass is 305 g/mol. The summed E-state index contributed by atoms with van der Waals surface area (Å²) in [6.07, 6.45) is 7.78. The van der Waals surface area contributed by atoms with Crippen molar-refractivity contribution in [1.82, 2.24) is 5.32 Å². The maximum absolute atomic E-state index is 3.80. The van der Waals surface area contributed by atoms with Crippen LogP contribution in [0.15, 0.2) is 24.3 Å². The molecule has 1 unspecified atom stereocenters. The molecular weight excluding hydrogens is 274 g/mol. The number of hydrogen-bond donors (Lipinski definition) is 1. The van der Waals surface area contributed by atoms with Crippen LogP contribution in [0, 0.1) is 5.92 Å². The second-order valence-corrected chi connectivity index (χ2v) is 7.52. The summed E-state index contributed by atoms with van der Waals surface area (Å²) >= 11 is 2.13.